The minimum atomic E-state index is -4.43. The molecule has 2 amide bonds. The normalized spacial score (nSPS) is 26.1. The van der Waals surface area contributed by atoms with E-state index in [-0.39, 0.29) is 11.3 Å². The number of likely N-dealkylation sites (N-methyl/N-ethyl adjacent to an activating group) is 1. The Bertz CT molecular complexity index is 835. The predicted molar refractivity (Wildman–Crippen MR) is 104 cm³/mol. The van der Waals surface area contributed by atoms with Gasteiger partial charge >= 0.3 is 6.18 Å². The van der Waals surface area contributed by atoms with Crippen LogP contribution in [-0.4, -0.2) is 77.6 Å². The molecule has 1 aromatic rings. The number of nitrogens with zero attached hydrogens (tertiary/aromatic N) is 4. The van der Waals surface area contributed by atoms with Crippen LogP contribution in [0, 0.1) is 11.3 Å². The predicted octanol–water partition coefficient (Wildman–Crippen LogP) is 1.35. The summed E-state index contributed by atoms with van der Waals surface area (Å²) in [6.07, 6.45) is -0.997. The summed E-state index contributed by atoms with van der Waals surface area (Å²) in [5, 5.41) is 9.18. The minimum Gasteiger partial charge on any atom is -0.353 e. The van der Waals surface area contributed by atoms with E-state index >= 15 is 0 Å². The van der Waals surface area contributed by atoms with Crippen LogP contribution in [-0.2, 0) is 15.8 Å². The lowest BCUT2D eigenvalue weighted by Crippen LogP contribution is -2.61. The fourth-order valence-electron chi connectivity index (χ4n) is 4.88. The van der Waals surface area contributed by atoms with E-state index in [4.69, 9.17) is 0 Å². The molecular weight excluding hydrogens is 415 g/mol. The Hall–Kier alpha value is -2.40. The molecule has 31 heavy (non-hydrogen) atoms. The van der Waals surface area contributed by atoms with Crippen LogP contribution < -0.4 is 10.4 Å². The lowest BCUT2D eigenvalue weighted by atomic mass is 9.80. The molecule has 1 aromatic heterocycles. The standard InChI is InChI=1S/C20H26F3N5O3/c1-26-12-19(4-5-19)10-14(17(29)25-31)16(26)18(30)28-8-6-27(7-9-28)15-3-2-13(11-24-15)20(21,22)23/h2-3,11,14,16,31H,4-10,12H2,1H3,(H,25,29). The summed E-state index contributed by atoms with van der Waals surface area (Å²) in [5.74, 6) is -0.883. The zero-order valence-corrected chi connectivity index (χ0v) is 17.2. The first kappa shape index (κ1) is 21.8. The summed E-state index contributed by atoms with van der Waals surface area (Å²) in [5.41, 5.74) is 0.985. The molecule has 0 aromatic carbocycles. The molecule has 11 heteroatoms. The number of halogens is 3. The lowest BCUT2D eigenvalue weighted by Gasteiger charge is -2.44. The van der Waals surface area contributed by atoms with Gasteiger partial charge < -0.3 is 9.80 Å². The maximum atomic E-state index is 13.3. The molecule has 170 valence electrons. The van der Waals surface area contributed by atoms with E-state index in [1.54, 1.807) is 10.4 Å². The highest BCUT2D eigenvalue weighted by Crippen LogP contribution is 2.54. The number of pyridine rings is 1. The maximum Gasteiger partial charge on any atom is 0.417 e. The molecule has 2 N–H and O–H groups in total. The largest absolute Gasteiger partial charge is 0.417 e. The van der Waals surface area contributed by atoms with Crippen LogP contribution in [0.5, 0.6) is 0 Å². The molecule has 8 nitrogen and oxygen atoms in total. The lowest BCUT2D eigenvalue weighted by molar-refractivity contribution is -0.150. The summed E-state index contributed by atoms with van der Waals surface area (Å²) >= 11 is 0. The molecule has 1 spiro atoms. The molecule has 0 radical (unpaired) electrons. The molecule has 2 atom stereocenters. The molecular formula is C20H26F3N5O3. The third-order valence-corrected chi connectivity index (χ3v) is 6.74. The van der Waals surface area contributed by atoms with Gasteiger partial charge in [0.05, 0.1) is 11.5 Å². The number of piperazine rings is 1. The van der Waals surface area contributed by atoms with Crippen molar-refractivity contribution in [1.82, 2.24) is 20.3 Å². The molecule has 3 heterocycles. The highest BCUT2D eigenvalue weighted by Gasteiger charge is 2.55. The first-order chi connectivity index (χ1) is 14.6. The number of anilines is 1. The first-order valence-electron chi connectivity index (χ1n) is 10.3. The van der Waals surface area contributed by atoms with Crippen molar-refractivity contribution < 1.29 is 28.0 Å². The van der Waals surface area contributed by atoms with E-state index < -0.39 is 29.6 Å². The molecule has 2 saturated heterocycles. The van der Waals surface area contributed by atoms with E-state index in [1.807, 2.05) is 16.8 Å². The first-order valence-corrected chi connectivity index (χ1v) is 10.3. The van der Waals surface area contributed by atoms with Gasteiger partial charge in [0.25, 0.3) is 0 Å². The number of piperidine rings is 1. The zero-order valence-electron chi connectivity index (χ0n) is 17.2. The van der Waals surface area contributed by atoms with Crippen LogP contribution in [0.1, 0.15) is 24.8 Å². The number of amides is 2. The minimum absolute atomic E-state index is 0.0651. The van der Waals surface area contributed by atoms with Crippen molar-refractivity contribution >= 4 is 17.6 Å². The van der Waals surface area contributed by atoms with Crippen LogP contribution >= 0.6 is 0 Å². The van der Waals surface area contributed by atoms with Gasteiger partial charge in [-0.25, -0.2) is 10.5 Å². The Balaban J connectivity index is 1.41. The summed E-state index contributed by atoms with van der Waals surface area (Å²) in [6.45, 7) is 2.37. The van der Waals surface area contributed by atoms with Crippen molar-refractivity contribution in [2.75, 3.05) is 44.7 Å². The number of nitrogens with one attached hydrogen (secondary N) is 1. The smallest absolute Gasteiger partial charge is 0.353 e. The molecule has 4 rings (SSSR count). The molecule has 1 saturated carbocycles. The Labute approximate surface area is 178 Å². The fourth-order valence-corrected chi connectivity index (χ4v) is 4.88. The SMILES string of the molecule is CN1CC2(CC2)CC(C(=O)NO)C1C(=O)N1CCN(c2ccc(C(F)(F)F)cn2)CC1. The second-order valence-corrected chi connectivity index (χ2v) is 8.86. The highest BCUT2D eigenvalue weighted by molar-refractivity contribution is 5.90. The number of carbonyl (C=O) groups excluding carboxylic acids is 2. The van der Waals surface area contributed by atoms with Gasteiger partial charge in [-0.3, -0.25) is 19.7 Å². The summed E-state index contributed by atoms with van der Waals surface area (Å²) in [6, 6.07) is 1.70. The van der Waals surface area contributed by atoms with E-state index in [9.17, 15) is 28.0 Å². The van der Waals surface area contributed by atoms with Gasteiger partial charge in [-0.05, 0) is 43.9 Å². The van der Waals surface area contributed by atoms with Crippen molar-refractivity contribution in [3.63, 3.8) is 0 Å². The van der Waals surface area contributed by atoms with Crippen LogP contribution in [0.25, 0.3) is 0 Å². The van der Waals surface area contributed by atoms with Crippen LogP contribution in [0.15, 0.2) is 18.3 Å². The highest BCUT2D eigenvalue weighted by atomic mass is 19.4. The zero-order chi connectivity index (χ0) is 22.4. The number of carbonyl (C=O) groups is 2. The van der Waals surface area contributed by atoms with Crippen molar-refractivity contribution in [3.05, 3.63) is 23.9 Å². The Morgan fingerprint density at radius 3 is 2.39 bits per heavy atom. The number of hydroxylamine groups is 1. The van der Waals surface area contributed by atoms with E-state index in [0.717, 1.165) is 31.6 Å². The summed E-state index contributed by atoms with van der Waals surface area (Å²) in [4.78, 5) is 35.0. The average molecular weight is 441 g/mol. The summed E-state index contributed by atoms with van der Waals surface area (Å²) < 4.78 is 38.2. The van der Waals surface area contributed by atoms with Gasteiger partial charge in [-0.15, -0.1) is 0 Å². The van der Waals surface area contributed by atoms with E-state index in [2.05, 4.69) is 4.98 Å². The Morgan fingerprint density at radius 2 is 1.87 bits per heavy atom. The Morgan fingerprint density at radius 1 is 1.19 bits per heavy atom. The molecule has 2 aliphatic heterocycles. The van der Waals surface area contributed by atoms with Crippen LogP contribution in [0.3, 0.4) is 0 Å². The monoisotopic (exact) mass is 441 g/mol. The van der Waals surface area contributed by atoms with Gasteiger partial charge in [0.2, 0.25) is 11.8 Å². The van der Waals surface area contributed by atoms with Crippen LogP contribution in [0.4, 0.5) is 19.0 Å². The van der Waals surface area contributed by atoms with E-state index in [0.29, 0.717) is 38.4 Å². The van der Waals surface area contributed by atoms with Gasteiger partial charge in [0.15, 0.2) is 0 Å². The third kappa shape index (κ3) is 4.33. The van der Waals surface area contributed by atoms with Crippen molar-refractivity contribution in [3.8, 4) is 0 Å². The number of hydrogen-bond donors (Lipinski definition) is 2. The van der Waals surface area contributed by atoms with Gasteiger partial charge in [-0.2, -0.15) is 13.2 Å². The van der Waals surface area contributed by atoms with Gasteiger partial charge in [0, 0.05) is 38.9 Å². The van der Waals surface area contributed by atoms with Crippen molar-refractivity contribution in [2.45, 2.75) is 31.5 Å². The maximum absolute atomic E-state index is 13.3. The Kier molecular flexibility index (Phi) is 5.59. The van der Waals surface area contributed by atoms with Crippen molar-refractivity contribution in [2.24, 2.45) is 11.3 Å². The quantitative estimate of drug-likeness (QED) is 0.544. The number of likely N-dealkylation sites (tertiary alicyclic amines) is 1. The van der Waals surface area contributed by atoms with Gasteiger partial charge in [-0.1, -0.05) is 0 Å². The molecule has 2 unspecified atom stereocenters. The third-order valence-electron chi connectivity index (χ3n) is 6.74. The number of rotatable bonds is 3. The number of alkyl halides is 3. The molecule has 3 fully saturated rings. The number of hydrogen-bond acceptors (Lipinski definition) is 6. The topological polar surface area (TPSA) is 89.0 Å². The molecule has 1 aliphatic carbocycles. The summed E-state index contributed by atoms with van der Waals surface area (Å²) in [7, 11) is 1.84. The van der Waals surface area contributed by atoms with Gasteiger partial charge in [0.1, 0.15) is 11.9 Å². The molecule has 0 bridgehead atoms. The van der Waals surface area contributed by atoms with Crippen molar-refractivity contribution in [1.29, 1.82) is 0 Å². The number of aromatic nitrogens is 1. The van der Waals surface area contributed by atoms with E-state index in [1.165, 1.54) is 6.07 Å². The average Bonchev–Trinajstić information content (AvgIpc) is 3.50. The molecule has 3 aliphatic rings. The second kappa shape index (κ2) is 7.94. The van der Waals surface area contributed by atoms with Crippen LogP contribution in [0.2, 0.25) is 0 Å². The fraction of sp³-hybridized carbons (Fsp3) is 0.650. The second-order valence-electron chi connectivity index (χ2n) is 8.86.